The summed E-state index contributed by atoms with van der Waals surface area (Å²) in [6.45, 7) is 6.13. The number of nitrogens with zero attached hydrogens (tertiary/aromatic N) is 2. The minimum absolute atomic E-state index is 0.0128. The second kappa shape index (κ2) is 4.60. The first-order chi connectivity index (χ1) is 7.50. The molecule has 16 heavy (non-hydrogen) atoms. The third-order valence-corrected chi connectivity index (χ3v) is 5.07. The molecule has 0 saturated carbocycles. The summed E-state index contributed by atoms with van der Waals surface area (Å²) in [5.74, 6) is 0. The van der Waals surface area contributed by atoms with Crippen LogP contribution in [-0.2, 0) is 14.9 Å². The first kappa shape index (κ1) is 12.3. The minimum Gasteiger partial charge on any atom is -0.373 e. The zero-order valence-electron chi connectivity index (χ0n) is 9.92. The molecule has 0 N–H and O–H groups in total. The Morgan fingerprint density at radius 3 is 2.00 bits per heavy atom. The van der Waals surface area contributed by atoms with E-state index in [1.807, 2.05) is 13.8 Å². The van der Waals surface area contributed by atoms with Gasteiger partial charge in [-0.1, -0.05) is 0 Å². The highest BCUT2D eigenvalue weighted by Crippen LogP contribution is 2.20. The van der Waals surface area contributed by atoms with Crippen LogP contribution in [0.2, 0.25) is 0 Å². The Morgan fingerprint density at radius 2 is 1.50 bits per heavy atom. The van der Waals surface area contributed by atoms with Gasteiger partial charge in [-0.2, -0.15) is 17.0 Å². The second-order valence-electron chi connectivity index (χ2n) is 4.69. The molecule has 0 aliphatic carbocycles. The van der Waals surface area contributed by atoms with E-state index in [0.717, 1.165) is 12.8 Å². The average Bonchev–Trinajstić information content (AvgIpc) is 2.69. The van der Waals surface area contributed by atoms with E-state index in [0.29, 0.717) is 26.2 Å². The average molecular weight is 248 g/mol. The van der Waals surface area contributed by atoms with Crippen LogP contribution in [0.5, 0.6) is 0 Å². The fourth-order valence-corrected chi connectivity index (χ4v) is 4.24. The molecule has 2 heterocycles. The minimum atomic E-state index is -3.24. The Morgan fingerprint density at radius 1 is 1.00 bits per heavy atom. The highest BCUT2D eigenvalue weighted by Gasteiger charge is 2.36. The monoisotopic (exact) mass is 248 g/mol. The van der Waals surface area contributed by atoms with Gasteiger partial charge < -0.3 is 4.74 Å². The van der Waals surface area contributed by atoms with Gasteiger partial charge in [-0.05, 0) is 26.7 Å². The van der Waals surface area contributed by atoms with Crippen molar-refractivity contribution < 1.29 is 13.2 Å². The predicted octanol–water partition coefficient (Wildman–Crippen LogP) is 0.436. The Bertz CT molecular complexity index is 328. The van der Waals surface area contributed by atoms with Crippen molar-refractivity contribution in [3.63, 3.8) is 0 Å². The first-order valence-corrected chi connectivity index (χ1v) is 7.30. The van der Waals surface area contributed by atoms with Crippen molar-refractivity contribution in [3.05, 3.63) is 0 Å². The molecule has 0 bridgehead atoms. The highest BCUT2D eigenvalue weighted by atomic mass is 32.2. The summed E-state index contributed by atoms with van der Waals surface area (Å²) in [6, 6.07) is 0. The maximum atomic E-state index is 12.3. The van der Waals surface area contributed by atoms with Crippen molar-refractivity contribution in [1.82, 2.24) is 8.61 Å². The van der Waals surface area contributed by atoms with Crippen molar-refractivity contribution in [2.45, 2.75) is 38.9 Å². The van der Waals surface area contributed by atoms with Crippen molar-refractivity contribution in [3.8, 4) is 0 Å². The molecular formula is C10H20N2O3S. The molecule has 5 nitrogen and oxygen atoms in total. The van der Waals surface area contributed by atoms with E-state index < -0.39 is 10.2 Å². The lowest BCUT2D eigenvalue weighted by molar-refractivity contribution is -0.0453. The van der Waals surface area contributed by atoms with Crippen LogP contribution >= 0.6 is 0 Å². The molecule has 94 valence electrons. The van der Waals surface area contributed by atoms with E-state index in [1.165, 1.54) is 0 Å². The van der Waals surface area contributed by atoms with Gasteiger partial charge in [0.05, 0.1) is 12.2 Å². The second-order valence-corrected chi connectivity index (χ2v) is 6.62. The molecule has 0 aromatic carbocycles. The van der Waals surface area contributed by atoms with E-state index in [4.69, 9.17) is 4.74 Å². The molecule has 0 aromatic heterocycles. The fraction of sp³-hybridized carbons (Fsp3) is 1.00. The van der Waals surface area contributed by atoms with Gasteiger partial charge in [0, 0.05) is 26.2 Å². The van der Waals surface area contributed by atoms with Crippen LogP contribution in [0.1, 0.15) is 26.7 Å². The third kappa shape index (κ3) is 2.40. The number of hydrogen-bond donors (Lipinski definition) is 0. The van der Waals surface area contributed by atoms with E-state index in [2.05, 4.69) is 0 Å². The lowest BCUT2D eigenvalue weighted by Gasteiger charge is -2.36. The molecule has 2 rings (SSSR count). The van der Waals surface area contributed by atoms with Gasteiger partial charge in [-0.15, -0.1) is 0 Å². The topological polar surface area (TPSA) is 49.9 Å². The van der Waals surface area contributed by atoms with Gasteiger partial charge >= 0.3 is 0 Å². The molecule has 2 atom stereocenters. The molecule has 0 radical (unpaired) electrons. The maximum absolute atomic E-state index is 12.3. The largest absolute Gasteiger partial charge is 0.373 e. The zero-order valence-corrected chi connectivity index (χ0v) is 10.7. The standard InChI is InChI=1S/C10H20N2O3S/c1-9-7-12(8-10(2)15-9)16(13,14)11-5-3-4-6-11/h9-10H,3-8H2,1-2H3/t9-,10+. The maximum Gasteiger partial charge on any atom is 0.282 e. The molecule has 2 aliphatic rings. The quantitative estimate of drug-likeness (QED) is 0.712. The van der Waals surface area contributed by atoms with Crippen molar-refractivity contribution in [2.75, 3.05) is 26.2 Å². The van der Waals surface area contributed by atoms with Crippen LogP contribution in [0.25, 0.3) is 0 Å². The van der Waals surface area contributed by atoms with Crippen LogP contribution in [0.4, 0.5) is 0 Å². The van der Waals surface area contributed by atoms with E-state index in [9.17, 15) is 8.42 Å². The Kier molecular flexibility index (Phi) is 3.53. The summed E-state index contributed by atoms with van der Waals surface area (Å²) in [7, 11) is -3.24. The Hall–Kier alpha value is -0.170. The normalized spacial score (nSPS) is 34.4. The number of morpholine rings is 1. The van der Waals surface area contributed by atoms with Crippen LogP contribution < -0.4 is 0 Å². The molecule has 2 saturated heterocycles. The lowest BCUT2D eigenvalue weighted by Crippen LogP contribution is -2.52. The smallest absolute Gasteiger partial charge is 0.282 e. The van der Waals surface area contributed by atoms with Gasteiger partial charge in [0.2, 0.25) is 0 Å². The molecular weight excluding hydrogens is 228 g/mol. The van der Waals surface area contributed by atoms with Gasteiger partial charge in [0.25, 0.3) is 10.2 Å². The first-order valence-electron chi connectivity index (χ1n) is 5.91. The Labute approximate surface area is 97.5 Å². The zero-order chi connectivity index (χ0) is 11.8. The van der Waals surface area contributed by atoms with Gasteiger partial charge in [0.1, 0.15) is 0 Å². The summed E-state index contributed by atoms with van der Waals surface area (Å²) < 4.78 is 33.3. The molecule has 0 spiro atoms. The van der Waals surface area contributed by atoms with E-state index in [-0.39, 0.29) is 12.2 Å². The summed E-state index contributed by atoms with van der Waals surface area (Å²) in [5, 5.41) is 0. The van der Waals surface area contributed by atoms with Gasteiger partial charge in [-0.25, -0.2) is 0 Å². The summed E-state index contributed by atoms with van der Waals surface area (Å²) >= 11 is 0. The van der Waals surface area contributed by atoms with Crippen LogP contribution in [0.3, 0.4) is 0 Å². The fourth-order valence-electron chi connectivity index (χ4n) is 2.40. The third-order valence-electron chi connectivity index (χ3n) is 3.10. The molecule has 6 heteroatoms. The van der Waals surface area contributed by atoms with E-state index in [1.54, 1.807) is 8.61 Å². The summed E-state index contributed by atoms with van der Waals surface area (Å²) in [6.07, 6.45) is 1.94. The molecule has 0 unspecified atom stereocenters. The summed E-state index contributed by atoms with van der Waals surface area (Å²) in [4.78, 5) is 0. The number of ether oxygens (including phenoxy) is 1. The molecule has 0 aromatic rings. The van der Waals surface area contributed by atoms with Crippen molar-refractivity contribution in [2.24, 2.45) is 0 Å². The Balaban J connectivity index is 2.10. The molecule has 0 amide bonds. The van der Waals surface area contributed by atoms with Gasteiger partial charge in [0.15, 0.2) is 0 Å². The van der Waals surface area contributed by atoms with Crippen molar-refractivity contribution in [1.29, 1.82) is 0 Å². The molecule has 2 fully saturated rings. The highest BCUT2D eigenvalue weighted by molar-refractivity contribution is 7.86. The molecule has 2 aliphatic heterocycles. The predicted molar refractivity (Wildman–Crippen MR) is 61.3 cm³/mol. The summed E-state index contributed by atoms with van der Waals surface area (Å²) in [5.41, 5.74) is 0. The SMILES string of the molecule is C[C@@H]1CN(S(=O)(=O)N2CCCC2)C[C@H](C)O1. The van der Waals surface area contributed by atoms with E-state index >= 15 is 0 Å². The lowest BCUT2D eigenvalue weighted by atomic mass is 10.3. The number of rotatable bonds is 2. The van der Waals surface area contributed by atoms with Crippen LogP contribution in [0.15, 0.2) is 0 Å². The van der Waals surface area contributed by atoms with Crippen LogP contribution in [-0.4, -0.2) is 55.4 Å². The van der Waals surface area contributed by atoms with Gasteiger partial charge in [-0.3, -0.25) is 0 Å². The van der Waals surface area contributed by atoms with Crippen LogP contribution in [0, 0.1) is 0 Å². The van der Waals surface area contributed by atoms with Crippen molar-refractivity contribution >= 4 is 10.2 Å². The number of hydrogen-bond acceptors (Lipinski definition) is 3.